The predicted octanol–water partition coefficient (Wildman–Crippen LogP) is 1.88. The molecule has 0 spiro atoms. The fourth-order valence-corrected chi connectivity index (χ4v) is 1.96. The number of aromatic nitrogens is 2. The summed E-state index contributed by atoms with van der Waals surface area (Å²) in [6.45, 7) is 0.0801. The molecule has 16 heavy (non-hydrogen) atoms. The standard InChI is InChI=1S/C11H11BrN2O2/c12-9-1-2-10(8(7-9)4-6-15)14-5-3-11(16)13-14/h1-3,5,7,15H,4,6H2,(H,13,16). The molecule has 2 aromatic rings. The molecule has 0 aliphatic carbocycles. The lowest BCUT2D eigenvalue weighted by Crippen LogP contribution is -2.02. The summed E-state index contributed by atoms with van der Waals surface area (Å²) in [6, 6.07) is 7.24. The highest BCUT2D eigenvalue weighted by Gasteiger charge is 2.06. The maximum atomic E-state index is 9.20. The molecule has 0 unspecified atom stereocenters. The highest BCUT2D eigenvalue weighted by Crippen LogP contribution is 2.21. The summed E-state index contributed by atoms with van der Waals surface area (Å²) in [5, 5.41) is 22.1. The number of benzene rings is 1. The molecule has 0 aliphatic heterocycles. The van der Waals surface area contributed by atoms with Crippen molar-refractivity contribution in [3.8, 4) is 11.6 Å². The van der Waals surface area contributed by atoms with Gasteiger partial charge in [0, 0.05) is 23.3 Å². The zero-order chi connectivity index (χ0) is 11.5. The van der Waals surface area contributed by atoms with Gasteiger partial charge >= 0.3 is 0 Å². The lowest BCUT2D eigenvalue weighted by Gasteiger charge is -2.08. The summed E-state index contributed by atoms with van der Waals surface area (Å²) in [4.78, 5) is 0. The van der Waals surface area contributed by atoms with Crippen molar-refractivity contribution in [1.82, 2.24) is 9.78 Å². The lowest BCUT2D eigenvalue weighted by atomic mass is 10.1. The second kappa shape index (κ2) is 4.67. The van der Waals surface area contributed by atoms with Gasteiger partial charge in [0.1, 0.15) is 0 Å². The maximum Gasteiger partial charge on any atom is 0.230 e. The monoisotopic (exact) mass is 282 g/mol. The minimum atomic E-state index is -0.0159. The van der Waals surface area contributed by atoms with Crippen molar-refractivity contribution in [2.24, 2.45) is 0 Å². The van der Waals surface area contributed by atoms with Crippen LogP contribution in [0.3, 0.4) is 0 Å². The van der Waals surface area contributed by atoms with Crippen LogP contribution < -0.4 is 0 Å². The average Bonchev–Trinajstić information content (AvgIpc) is 2.65. The molecule has 0 atom stereocenters. The molecule has 1 heterocycles. The molecule has 2 rings (SSSR count). The van der Waals surface area contributed by atoms with Crippen LogP contribution in [0, 0.1) is 0 Å². The first-order valence-electron chi connectivity index (χ1n) is 4.85. The van der Waals surface area contributed by atoms with E-state index in [-0.39, 0.29) is 12.5 Å². The molecule has 0 saturated carbocycles. The Labute approximate surface area is 101 Å². The number of aliphatic hydroxyl groups is 1. The Hall–Kier alpha value is -1.33. The second-order valence-corrected chi connectivity index (χ2v) is 4.28. The van der Waals surface area contributed by atoms with Crippen molar-refractivity contribution < 1.29 is 10.2 Å². The van der Waals surface area contributed by atoms with Gasteiger partial charge in [-0.1, -0.05) is 15.9 Å². The van der Waals surface area contributed by atoms with Crippen LogP contribution in [0.25, 0.3) is 5.69 Å². The van der Waals surface area contributed by atoms with Crippen LogP contribution in [0.15, 0.2) is 34.9 Å². The second-order valence-electron chi connectivity index (χ2n) is 3.37. The average molecular weight is 283 g/mol. The first-order chi connectivity index (χ1) is 7.70. The molecule has 2 N–H and O–H groups in total. The van der Waals surface area contributed by atoms with Crippen molar-refractivity contribution in [2.75, 3.05) is 6.61 Å². The third-order valence-corrected chi connectivity index (χ3v) is 2.74. The van der Waals surface area contributed by atoms with E-state index in [0.29, 0.717) is 6.42 Å². The summed E-state index contributed by atoms with van der Waals surface area (Å²) in [5.74, 6) is -0.0159. The van der Waals surface area contributed by atoms with Crippen LogP contribution in [-0.2, 0) is 6.42 Å². The minimum Gasteiger partial charge on any atom is -0.492 e. The summed E-state index contributed by atoms with van der Waals surface area (Å²) in [5.41, 5.74) is 1.83. The molecule has 0 bridgehead atoms. The summed E-state index contributed by atoms with van der Waals surface area (Å²) in [7, 11) is 0. The Kier molecular flexibility index (Phi) is 3.26. The van der Waals surface area contributed by atoms with E-state index in [4.69, 9.17) is 5.11 Å². The molecule has 84 valence electrons. The molecule has 0 amide bonds. The predicted molar refractivity (Wildman–Crippen MR) is 63.7 cm³/mol. The smallest absolute Gasteiger partial charge is 0.230 e. The van der Waals surface area contributed by atoms with Gasteiger partial charge in [0.05, 0.1) is 5.69 Å². The highest BCUT2D eigenvalue weighted by atomic mass is 79.9. The lowest BCUT2D eigenvalue weighted by molar-refractivity contribution is 0.299. The number of aromatic hydroxyl groups is 1. The van der Waals surface area contributed by atoms with Crippen molar-refractivity contribution >= 4 is 15.9 Å². The zero-order valence-electron chi connectivity index (χ0n) is 8.47. The number of nitrogens with zero attached hydrogens (tertiary/aromatic N) is 2. The molecule has 0 radical (unpaired) electrons. The maximum absolute atomic E-state index is 9.20. The van der Waals surface area contributed by atoms with E-state index in [1.165, 1.54) is 6.07 Å². The van der Waals surface area contributed by atoms with Gasteiger partial charge in [-0.05, 0) is 30.2 Å². The topological polar surface area (TPSA) is 58.3 Å². The molecular formula is C11H11BrN2O2. The number of hydrogen-bond donors (Lipinski definition) is 2. The zero-order valence-corrected chi connectivity index (χ0v) is 10.1. The van der Waals surface area contributed by atoms with E-state index in [1.807, 2.05) is 18.2 Å². The van der Waals surface area contributed by atoms with Gasteiger partial charge in [-0.2, -0.15) is 0 Å². The van der Waals surface area contributed by atoms with Gasteiger partial charge in [0.15, 0.2) is 0 Å². The number of rotatable bonds is 3. The van der Waals surface area contributed by atoms with Crippen LogP contribution in [-0.4, -0.2) is 26.6 Å². The third kappa shape index (κ3) is 2.25. The van der Waals surface area contributed by atoms with Crippen molar-refractivity contribution in [1.29, 1.82) is 0 Å². The fourth-order valence-electron chi connectivity index (χ4n) is 1.55. The molecule has 1 aromatic heterocycles. The SMILES string of the molecule is OCCc1cc(Br)ccc1-n1ccc(O)n1. The van der Waals surface area contributed by atoms with E-state index in [2.05, 4.69) is 21.0 Å². The van der Waals surface area contributed by atoms with E-state index >= 15 is 0 Å². The fraction of sp³-hybridized carbons (Fsp3) is 0.182. The van der Waals surface area contributed by atoms with Gasteiger partial charge in [-0.15, -0.1) is 5.10 Å². The van der Waals surface area contributed by atoms with E-state index in [1.54, 1.807) is 10.9 Å². The van der Waals surface area contributed by atoms with E-state index < -0.39 is 0 Å². The molecular weight excluding hydrogens is 272 g/mol. The Bertz CT molecular complexity index is 496. The molecule has 5 heteroatoms. The third-order valence-electron chi connectivity index (χ3n) is 2.24. The van der Waals surface area contributed by atoms with Gasteiger partial charge < -0.3 is 10.2 Å². The largest absolute Gasteiger partial charge is 0.492 e. The Morgan fingerprint density at radius 2 is 2.12 bits per heavy atom. The molecule has 0 saturated heterocycles. The van der Waals surface area contributed by atoms with Crippen LogP contribution in [0.2, 0.25) is 0 Å². The van der Waals surface area contributed by atoms with Crippen LogP contribution in [0.5, 0.6) is 5.88 Å². The van der Waals surface area contributed by atoms with Crippen molar-refractivity contribution in [3.63, 3.8) is 0 Å². The van der Waals surface area contributed by atoms with E-state index in [9.17, 15) is 5.11 Å². The van der Waals surface area contributed by atoms with Crippen LogP contribution >= 0.6 is 15.9 Å². The summed E-state index contributed by atoms with van der Waals surface area (Å²) >= 11 is 3.38. The molecule has 0 aliphatic rings. The number of hydrogen-bond acceptors (Lipinski definition) is 3. The Morgan fingerprint density at radius 1 is 1.31 bits per heavy atom. The van der Waals surface area contributed by atoms with Gasteiger partial charge in [-0.25, -0.2) is 4.68 Å². The Morgan fingerprint density at radius 3 is 2.75 bits per heavy atom. The molecule has 1 aromatic carbocycles. The Balaban J connectivity index is 2.47. The highest BCUT2D eigenvalue weighted by molar-refractivity contribution is 9.10. The number of halogens is 1. The quantitative estimate of drug-likeness (QED) is 0.904. The molecule has 0 fully saturated rings. The van der Waals surface area contributed by atoms with Crippen LogP contribution in [0.1, 0.15) is 5.56 Å². The number of aliphatic hydroxyl groups excluding tert-OH is 1. The minimum absolute atomic E-state index is 0.0159. The van der Waals surface area contributed by atoms with Gasteiger partial charge in [0.2, 0.25) is 5.88 Å². The van der Waals surface area contributed by atoms with E-state index in [0.717, 1.165) is 15.7 Å². The summed E-state index contributed by atoms with van der Waals surface area (Å²) < 4.78 is 2.54. The van der Waals surface area contributed by atoms with Crippen molar-refractivity contribution in [2.45, 2.75) is 6.42 Å². The van der Waals surface area contributed by atoms with Gasteiger partial charge in [-0.3, -0.25) is 0 Å². The summed E-state index contributed by atoms with van der Waals surface area (Å²) in [6.07, 6.45) is 2.23. The van der Waals surface area contributed by atoms with Crippen LogP contribution in [0.4, 0.5) is 0 Å². The normalized spacial score (nSPS) is 10.6. The first kappa shape index (κ1) is 11.2. The van der Waals surface area contributed by atoms with Crippen molar-refractivity contribution in [3.05, 3.63) is 40.5 Å². The van der Waals surface area contributed by atoms with Gasteiger partial charge in [0.25, 0.3) is 0 Å². The molecule has 4 nitrogen and oxygen atoms in total. The first-order valence-corrected chi connectivity index (χ1v) is 5.64.